The highest BCUT2D eigenvalue weighted by Crippen LogP contribution is 2.24. The number of anilines is 1. The number of hydrogen-bond donors (Lipinski definition) is 2. The lowest BCUT2D eigenvalue weighted by Gasteiger charge is -2.26. The average Bonchev–Trinajstić information content (AvgIpc) is 2.69. The van der Waals surface area contributed by atoms with Gasteiger partial charge in [-0.2, -0.15) is 0 Å². The summed E-state index contributed by atoms with van der Waals surface area (Å²) < 4.78 is 5.25. The maximum absolute atomic E-state index is 12.9. The Morgan fingerprint density at radius 3 is 2.33 bits per heavy atom. The van der Waals surface area contributed by atoms with Gasteiger partial charge < -0.3 is 9.84 Å². The van der Waals surface area contributed by atoms with Crippen molar-refractivity contribution in [3.8, 4) is 5.75 Å². The first-order chi connectivity index (χ1) is 14.2. The Morgan fingerprint density at radius 2 is 1.73 bits per heavy atom. The molecule has 8 heteroatoms. The van der Waals surface area contributed by atoms with E-state index in [0.29, 0.717) is 17.0 Å². The molecule has 0 unspecified atom stereocenters. The Hall–Kier alpha value is -3.94. The van der Waals surface area contributed by atoms with Crippen molar-refractivity contribution in [3.63, 3.8) is 0 Å². The second-order valence-corrected chi connectivity index (χ2v) is 6.89. The molecule has 2 aromatic rings. The third kappa shape index (κ3) is 4.22. The van der Waals surface area contributed by atoms with Crippen LogP contribution < -0.4 is 15.0 Å². The second kappa shape index (κ2) is 8.20. The summed E-state index contributed by atoms with van der Waals surface area (Å²) in [6, 6.07) is 10.5. The number of carbonyl (C=O) groups is 4. The smallest absolute Gasteiger partial charge is 0.344 e. The number of ether oxygens (including phenoxy) is 1. The van der Waals surface area contributed by atoms with Gasteiger partial charge in [0, 0.05) is 0 Å². The quantitative estimate of drug-likeness (QED) is 0.581. The number of amides is 4. The van der Waals surface area contributed by atoms with E-state index in [-0.39, 0.29) is 5.57 Å². The van der Waals surface area contributed by atoms with Crippen molar-refractivity contribution >= 4 is 35.6 Å². The first kappa shape index (κ1) is 20.8. The van der Waals surface area contributed by atoms with E-state index in [9.17, 15) is 19.2 Å². The molecule has 1 atom stereocenters. The summed E-state index contributed by atoms with van der Waals surface area (Å²) in [4.78, 5) is 49.3. The van der Waals surface area contributed by atoms with Crippen molar-refractivity contribution in [1.29, 1.82) is 0 Å². The van der Waals surface area contributed by atoms with E-state index in [2.05, 4.69) is 5.32 Å². The van der Waals surface area contributed by atoms with Crippen LogP contribution in [0.4, 0.5) is 10.5 Å². The zero-order chi connectivity index (χ0) is 22.0. The van der Waals surface area contributed by atoms with Crippen LogP contribution in [0.15, 0.2) is 48.0 Å². The fourth-order valence-corrected chi connectivity index (χ4v) is 2.82. The molecule has 0 bridgehead atoms. The maximum atomic E-state index is 12.9. The summed E-state index contributed by atoms with van der Waals surface area (Å²) in [6.45, 7) is 5.18. The molecule has 0 spiro atoms. The van der Waals surface area contributed by atoms with Crippen LogP contribution in [-0.2, 0) is 14.4 Å². The number of hydrogen-bond acceptors (Lipinski definition) is 5. The molecule has 1 aliphatic heterocycles. The van der Waals surface area contributed by atoms with E-state index in [1.54, 1.807) is 30.3 Å². The molecular weight excluding hydrogens is 388 g/mol. The molecule has 2 aromatic carbocycles. The largest absolute Gasteiger partial charge is 0.479 e. The fourth-order valence-electron chi connectivity index (χ4n) is 2.82. The van der Waals surface area contributed by atoms with Gasteiger partial charge >= 0.3 is 12.0 Å². The zero-order valence-corrected chi connectivity index (χ0v) is 16.6. The van der Waals surface area contributed by atoms with Gasteiger partial charge in [-0.05, 0) is 67.8 Å². The predicted octanol–water partition coefficient (Wildman–Crippen LogP) is 2.82. The van der Waals surface area contributed by atoms with E-state index in [1.165, 1.54) is 25.1 Å². The molecule has 1 saturated heterocycles. The van der Waals surface area contributed by atoms with Gasteiger partial charge in [-0.1, -0.05) is 18.2 Å². The number of rotatable bonds is 5. The van der Waals surface area contributed by atoms with E-state index >= 15 is 0 Å². The molecule has 0 radical (unpaired) electrons. The van der Waals surface area contributed by atoms with Crippen LogP contribution in [-0.4, -0.2) is 35.0 Å². The van der Waals surface area contributed by atoms with Crippen molar-refractivity contribution in [3.05, 3.63) is 64.7 Å². The van der Waals surface area contributed by atoms with Crippen molar-refractivity contribution in [2.75, 3.05) is 4.90 Å². The SMILES string of the molecule is Cc1ccc(N2C(=O)NC(=O)/C(=C/c3ccc(O[C@@H](C)C(=O)O)cc3)C2=O)cc1C. The van der Waals surface area contributed by atoms with Crippen LogP contribution >= 0.6 is 0 Å². The fraction of sp³-hybridized carbons (Fsp3) is 0.182. The van der Waals surface area contributed by atoms with Crippen molar-refractivity contribution in [2.45, 2.75) is 26.9 Å². The van der Waals surface area contributed by atoms with E-state index in [0.717, 1.165) is 16.0 Å². The van der Waals surface area contributed by atoms with Gasteiger partial charge in [0.25, 0.3) is 11.8 Å². The summed E-state index contributed by atoms with van der Waals surface area (Å²) >= 11 is 0. The van der Waals surface area contributed by atoms with Gasteiger partial charge in [-0.15, -0.1) is 0 Å². The number of carboxylic acids is 1. The monoisotopic (exact) mass is 408 g/mol. The molecule has 154 valence electrons. The minimum absolute atomic E-state index is 0.194. The lowest BCUT2D eigenvalue weighted by atomic mass is 10.1. The molecular formula is C22H20N2O6. The lowest BCUT2D eigenvalue weighted by Crippen LogP contribution is -2.54. The maximum Gasteiger partial charge on any atom is 0.344 e. The van der Waals surface area contributed by atoms with Gasteiger partial charge in [0.1, 0.15) is 11.3 Å². The minimum atomic E-state index is -1.10. The Morgan fingerprint density at radius 1 is 1.07 bits per heavy atom. The van der Waals surface area contributed by atoms with E-state index in [1.807, 2.05) is 13.8 Å². The molecule has 30 heavy (non-hydrogen) atoms. The topological polar surface area (TPSA) is 113 Å². The van der Waals surface area contributed by atoms with Crippen molar-refractivity contribution in [1.82, 2.24) is 5.32 Å². The third-order valence-electron chi connectivity index (χ3n) is 4.70. The molecule has 1 fully saturated rings. The highest BCUT2D eigenvalue weighted by molar-refractivity contribution is 6.39. The summed E-state index contributed by atoms with van der Waals surface area (Å²) in [5, 5.41) is 11.1. The van der Waals surface area contributed by atoms with Gasteiger partial charge in [-0.25, -0.2) is 14.5 Å². The summed E-state index contributed by atoms with van der Waals surface area (Å²) in [5.41, 5.74) is 2.60. The summed E-state index contributed by atoms with van der Waals surface area (Å²) in [7, 11) is 0. The molecule has 8 nitrogen and oxygen atoms in total. The number of nitrogens with one attached hydrogen (secondary N) is 1. The molecule has 0 saturated carbocycles. The first-order valence-corrected chi connectivity index (χ1v) is 9.15. The number of aryl methyl sites for hydroxylation is 2. The number of nitrogens with zero attached hydrogens (tertiary/aromatic N) is 1. The Labute approximate surface area is 172 Å². The Bertz CT molecular complexity index is 1070. The number of urea groups is 1. The van der Waals surface area contributed by atoms with Crippen molar-refractivity contribution in [2.24, 2.45) is 0 Å². The lowest BCUT2D eigenvalue weighted by molar-refractivity contribution is -0.144. The van der Waals surface area contributed by atoms with Gasteiger partial charge in [0.05, 0.1) is 5.69 Å². The summed E-state index contributed by atoms with van der Waals surface area (Å²) in [6.07, 6.45) is 0.347. The minimum Gasteiger partial charge on any atom is -0.479 e. The van der Waals surface area contributed by atoms with Crippen molar-refractivity contribution < 1.29 is 29.0 Å². The van der Waals surface area contributed by atoms with E-state index in [4.69, 9.17) is 9.84 Å². The zero-order valence-electron chi connectivity index (χ0n) is 16.6. The molecule has 2 N–H and O–H groups in total. The number of carboxylic acid groups (broad SMARTS) is 1. The molecule has 1 aliphatic rings. The molecule has 3 rings (SSSR count). The molecule has 1 heterocycles. The summed E-state index contributed by atoms with van der Waals surface area (Å²) in [5.74, 6) is -2.28. The number of carbonyl (C=O) groups excluding carboxylic acids is 3. The van der Waals surface area contributed by atoms with Gasteiger partial charge in [0.2, 0.25) is 0 Å². The average molecular weight is 408 g/mol. The number of benzene rings is 2. The second-order valence-electron chi connectivity index (χ2n) is 6.89. The van der Waals surface area contributed by atoms with Crippen LogP contribution in [0.2, 0.25) is 0 Å². The van der Waals surface area contributed by atoms with Crippen LogP contribution in [0.25, 0.3) is 6.08 Å². The predicted molar refractivity (Wildman–Crippen MR) is 109 cm³/mol. The highest BCUT2D eigenvalue weighted by atomic mass is 16.5. The van der Waals surface area contributed by atoms with Gasteiger partial charge in [-0.3, -0.25) is 14.9 Å². The molecule has 0 aliphatic carbocycles. The molecule has 0 aromatic heterocycles. The normalized spacial score (nSPS) is 16.4. The van der Waals surface area contributed by atoms with Gasteiger partial charge in [0.15, 0.2) is 6.10 Å². The number of barbiturate groups is 1. The Kier molecular flexibility index (Phi) is 5.68. The molecule has 4 amide bonds. The Balaban J connectivity index is 1.88. The van der Waals surface area contributed by atoms with Crippen LogP contribution in [0, 0.1) is 13.8 Å². The standard InChI is InChI=1S/C22H20N2O6/c1-12-4-7-16(10-13(12)2)24-20(26)18(19(25)23-22(24)29)11-15-5-8-17(9-6-15)30-14(3)21(27)28/h4-11,14H,1-3H3,(H,27,28)(H,23,25,29)/b18-11-/t14-/m0/s1. The van der Waals surface area contributed by atoms with Crippen LogP contribution in [0.5, 0.6) is 5.75 Å². The first-order valence-electron chi connectivity index (χ1n) is 9.15. The number of aliphatic carboxylic acids is 1. The third-order valence-corrected chi connectivity index (χ3v) is 4.70. The van der Waals surface area contributed by atoms with E-state index < -0.39 is 29.9 Å². The highest BCUT2D eigenvalue weighted by Gasteiger charge is 2.36. The van der Waals surface area contributed by atoms with Crippen LogP contribution in [0.1, 0.15) is 23.6 Å². The van der Waals surface area contributed by atoms with Crippen LogP contribution in [0.3, 0.4) is 0 Å². The number of imide groups is 2.